The van der Waals surface area contributed by atoms with Crippen molar-refractivity contribution in [3.05, 3.63) is 58.6 Å². The van der Waals surface area contributed by atoms with Crippen LogP contribution in [0.5, 0.6) is 0 Å². The molecule has 1 aromatic carbocycles. The van der Waals surface area contributed by atoms with Crippen molar-refractivity contribution in [3.63, 3.8) is 0 Å². The van der Waals surface area contributed by atoms with E-state index >= 15 is 0 Å². The molecule has 0 aliphatic rings. The summed E-state index contributed by atoms with van der Waals surface area (Å²) in [5.74, 6) is 1.65. The van der Waals surface area contributed by atoms with Crippen LogP contribution in [-0.4, -0.2) is 34.3 Å². The number of hydrogen-bond donors (Lipinski definition) is 0. The van der Waals surface area contributed by atoms with E-state index in [0.29, 0.717) is 13.0 Å². The van der Waals surface area contributed by atoms with Gasteiger partial charge in [-0.1, -0.05) is 23.8 Å². The predicted molar refractivity (Wildman–Crippen MR) is 125 cm³/mol. The van der Waals surface area contributed by atoms with Gasteiger partial charge in [-0.3, -0.25) is 8.96 Å². The fourth-order valence-corrected chi connectivity index (χ4v) is 4.41. The van der Waals surface area contributed by atoms with E-state index in [1.165, 1.54) is 33.6 Å². The Balaban J connectivity index is 2.29. The number of benzene rings is 1. The van der Waals surface area contributed by atoms with Gasteiger partial charge < -0.3 is 4.90 Å². The monoisotopic (exact) mass is 408 g/mol. The second-order valence-electron chi connectivity index (χ2n) is 8.22. The number of rotatable bonds is 8. The van der Waals surface area contributed by atoms with Gasteiger partial charge in [0.2, 0.25) is 0 Å². The van der Waals surface area contributed by atoms with Crippen molar-refractivity contribution < 1.29 is 4.39 Å². The van der Waals surface area contributed by atoms with Gasteiger partial charge in [0.05, 0.1) is 17.7 Å². The predicted octanol–water partition coefficient (Wildman–Crippen LogP) is 6.01. The highest BCUT2D eigenvalue weighted by atomic mass is 19.1. The van der Waals surface area contributed by atoms with Crippen LogP contribution in [0.1, 0.15) is 46.6 Å². The number of hydrogen-bond acceptors (Lipinski definition) is 3. The van der Waals surface area contributed by atoms with Crippen LogP contribution < -0.4 is 4.90 Å². The van der Waals surface area contributed by atoms with Gasteiger partial charge >= 0.3 is 0 Å². The van der Waals surface area contributed by atoms with Crippen molar-refractivity contribution in [2.45, 2.75) is 54.4 Å². The second-order valence-corrected chi connectivity index (χ2v) is 8.22. The van der Waals surface area contributed by atoms with E-state index in [1.54, 1.807) is 0 Å². The van der Waals surface area contributed by atoms with Gasteiger partial charge in [0.25, 0.3) is 0 Å². The number of alkyl halides is 1. The first kappa shape index (κ1) is 22.0. The van der Waals surface area contributed by atoms with Crippen LogP contribution in [0.2, 0.25) is 0 Å². The maximum atomic E-state index is 12.7. The Kier molecular flexibility index (Phi) is 6.59. The first-order chi connectivity index (χ1) is 14.3. The molecule has 160 valence electrons. The standard InChI is InChI=1S/C25H33FN4/c1-8-12-29(13-10-9-11-26)24-22-19(5)20(6)30(25(22)28-21(7)27-24)23-17(3)14-16(2)15-18(23)4/h8,14-15H,1,9-13H2,2-7H3. The van der Waals surface area contributed by atoms with Gasteiger partial charge in [0, 0.05) is 18.8 Å². The number of aromatic nitrogens is 3. The van der Waals surface area contributed by atoms with Crippen molar-refractivity contribution in [2.75, 3.05) is 24.7 Å². The molecule has 4 nitrogen and oxygen atoms in total. The Morgan fingerprint density at radius 1 is 1.03 bits per heavy atom. The maximum absolute atomic E-state index is 12.7. The summed E-state index contributed by atoms with van der Waals surface area (Å²) >= 11 is 0. The number of fused-ring (bicyclic) bond motifs is 1. The summed E-state index contributed by atoms with van der Waals surface area (Å²) in [5, 5.41) is 1.07. The van der Waals surface area contributed by atoms with Gasteiger partial charge in [0.1, 0.15) is 11.6 Å². The zero-order chi connectivity index (χ0) is 22.0. The van der Waals surface area contributed by atoms with E-state index in [0.717, 1.165) is 35.6 Å². The second kappa shape index (κ2) is 8.99. The summed E-state index contributed by atoms with van der Waals surface area (Å²) in [4.78, 5) is 11.9. The van der Waals surface area contributed by atoms with E-state index in [9.17, 15) is 4.39 Å². The fourth-order valence-electron chi connectivity index (χ4n) is 4.41. The van der Waals surface area contributed by atoms with Crippen molar-refractivity contribution in [2.24, 2.45) is 0 Å². The Morgan fingerprint density at radius 3 is 2.30 bits per heavy atom. The average molecular weight is 409 g/mol. The van der Waals surface area contributed by atoms with Crippen LogP contribution in [0.15, 0.2) is 24.8 Å². The van der Waals surface area contributed by atoms with Gasteiger partial charge in [-0.2, -0.15) is 0 Å². The van der Waals surface area contributed by atoms with Gasteiger partial charge in [-0.15, -0.1) is 6.58 Å². The number of anilines is 1. The molecule has 0 amide bonds. The zero-order valence-corrected chi connectivity index (χ0v) is 19.1. The molecule has 0 bridgehead atoms. The molecule has 0 saturated heterocycles. The van der Waals surface area contributed by atoms with Gasteiger partial charge in [-0.05, 0) is 71.1 Å². The molecule has 0 radical (unpaired) electrons. The number of nitrogens with zero attached hydrogens (tertiary/aromatic N) is 4. The van der Waals surface area contributed by atoms with Crippen LogP contribution in [0.25, 0.3) is 16.7 Å². The molecule has 0 saturated carbocycles. The highest BCUT2D eigenvalue weighted by Crippen LogP contribution is 2.35. The largest absolute Gasteiger partial charge is 0.352 e. The Bertz CT molecular complexity index is 1060. The minimum Gasteiger partial charge on any atom is -0.352 e. The third-order valence-electron chi connectivity index (χ3n) is 5.77. The molecule has 5 heteroatoms. The average Bonchev–Trinajstić information content (AvgIpc) is 2.91. The molecule has 30 heavy (non-hydrogen) atoms. The summed E-state index contributed by atoms with van der Waals surface area (Å²) in [6, 6.07) is 4.44. The maximum Gasteiger partial charge on any atom is 0.150 e. The third kappa shape index (κ3) is 3.98. The molecule has 0 N–H and O–H groups in total. The molecule has 2 heterocycles. The summed E-state index contributed by atoms with van der Waals surface area (Å²) < 4.78 is 15.0. The lowest BCUT2D eigenvalue weighted by Gasteiger charge is -2.23. The minimum absolute atomic E-state index is 0.291. The molecule has 2 aromatic heterocycles. The van der Waals surface area contributed by atoms with Crippen molar-refractivity contribution in [1.29, 1.82) is 0 Å². The van der Waals surface area contributed by atoms with E-state index in [1.807, 2.05) is 13.0 Å². The van der Waals surface area contributed by atoms with E-state index < -0.39 is 0 Å². The normalized spacial score (nSPS) is 11.3. The van der Waals surface area contributed by atoms with Crippen LogP contribution in [0.3, 0.4) is 0 Å². The summed E-state index contributed by atoms with van der Waals surface area (Å²) in [6.07, 6.45) is 3.22. The third-order valence-corrected chi connectivity index (χ3v) is 5.77. The first-order valence-corrected chi connectivity index (χ1v) is 10.7. The molecular formula is C25H33FN4. The smallest absolute Gasteiger partial charge is 0.150 e. The van der Waals surface area contributed by atoms with Crippen LogP contribution in [0.4, 0.5) is 10.2 Å². The molecule has 0 unspecified atom stereocenters. The molecule has 0 fully saturated rings. The summed E-state index contributed by atoms with van der Waals surface area (Å²) in [6.45, 7) is 17.7. The van der Waals surface area contributed by atoms with Crippen molar-refractivity contribution in [1.82, 2.24) is 14.5 Å². The van der Waals surface area contributed by atoms with Crippen molar-refractivity contribution >= 4 is 16.9 Å². The van der Waals surface area contributed by atoms with E-state index in [2.05, 4.69) is 62.8 Å². The molecule has 0 spiro atoms. The Labute approximate surface area is 179 Å². The van der Waals surface area contributed by atoms with Crippen LogP contribution >= 0.6 is 0 Å². The number of unbranched alkanes of at least 4 members (excludes halogenated alkanes) is 1. The lowest BCUT2D eigenvalue weighted by molar-refractivity contribution is 0.462. The Morgan fingerprint density at radius 2 is 1.70 bits per heavy atom. The van der Waals surface area contributed by atoms with Gasteiger partial charge in [0.15, 0.2) is 5.65 Å². The molecular weight excluding hydrogens is 375 g/mol. The van der Waals surface area contributed by atoms with Crippen LogP contribution in [0, 0.1) is 41.5 Å². The number of aryl methyl sites for hydroxylation is 5. The highest BCUT2D eigenvalue weighted by molar-refractivity contribution is 5.94. The molecule has 0 aliphatic heterocycles. The van der Waals surface area contributed by atoms with Crippen LogP contribution in [-0.2, 0) is 0 Å². The van der Waals surface area contributed by atoms with Crippen molar-refractivity contribution in [3.8, 4) is 5.69 Å². The molecule has 0 aliphatic carbocycles. The summed E-state index contributed by atoms with van der Waals surface area (Å²) in [7, 11) is 0. The fraction of sp³-hybridized carbons (Fsp3) is 0.440. The molecule has 3 aromatic rings. The first-order valence-electron chi connectivity index (χ1n) is 10.7. The van der Waals surface area contributed by atoms with Gasteiger partial charge in [-0.25, -0.2) is 9.97 Å². The minimum atomic E-state index is -0.291. The zero-order valence-electron chi connectivity index (χ0n) is 19.1. The topological polar surface area (TPSA) is 34.0 Å². The summed E-state index contributed by atoms with van der Waals surface area (Å²) in [5.41, 5.74) is 8.20. The Hall–Kier alpha value is -2.69. The molecule has 3 rings (SSSR count). The molecule has 0 atom stereocenters. The highest BCUT2D eigenvalue weighted by Gasteiger charge is 2.23. The van der Waals surface area contributed by atoms with E-state index in [4.69, 9.17) is 9.97 Å². The SMILES string of the molecule is C=CCN(CCCCF)c1nc(C)nc2c1c(C)c(C)n2-c1c(C)cc(C)cc1C. The lowest BCUT2D eigenvalue weighted by atomic mass is 10.0. The lowest BCUT2D eigenvalue weighted by Crippen LogP contribution is -2.26. The quantitative estimate of drug-likeness (QED) is 0.338. The van der Waals surface area contributed by atoms with E-state index in [-0.39, 0.29) is 6.67 Å². The number of halogens is 1.